The smallest absolute Gasteiger partial charge is 0.270 e. The lowest BCUT2D eigenvalue weighted by Gasteiger charge is -2.22. The Morgan fingerprint density at radius 1 is 1.11 bits per heavy atom. The molecular weight excluding hydrogens is 336 g/mol. The van der Waals surface area contributed by atoms with Crippen LogP contribution in [0, 0.1) is 6.92 Å². The number of aryl methyl sites for hydroxylation is 1. The molecule has 1 unspecified atom stereocenters. The van der Waals surface area contributed by atoms with Gasteiger partial charge in [0.25, 0.3) is 5.91 Å². The SMILES string of the molecule is CCN(c1cccc(C)c1)c1nccc(C(=O)NC(C)c2ccccc2)n1. The molecule has 5 heteroatoms. The zero-order valence-corrected chi connectivity index (χ0v) is 15.9. The maximum Gasteiger partial charge on any atom is 0.270 e. The number of carbonyl (C=O) groups excluding carboxylic acids is 1. The first-order chi connectivity index (χ1) is 13.1. The number of hydrogen-bond donors (Lipinski definition) is 1. The highest BCUT2D eigenvalue weighted by molar-refractivity contribution is 5.92. The van der Waals surface area contributed by atoms with Crippen LogP contribution in [0.25, 0.3) is 0 Å². The van der Waals surface area contributed by atoms with Crippen LogP contribution in [0.4, 0.5) is 11.6 Å². The molecule has 0 radical (unpaired) electrons. The van der Waals surface area contributed by atoms with Crippen molar-refractivity contribution in [2.75, 3.05) is 11.4 Å². The van der Waals surface area contributed by atoms with Crippen LogP contribution in [0.2, 0.25) is 0 Å². The molecule has 0 aliphatic carbocycles. The fourth-order valence-electron chi connectivity index (χ4n) is 2.94. The summed E-state index contributed by atoms with van der Waals surface area (Å²) in [4.78, 5) is 23.5. The Balaban J connectivity index is 1.81. The average molecular weight is 360 g/mol. The van der Waals surface area contributed by atoms with Crippen molar-refractivity contribution >= 4 is 17.5 Å². The lowest BCUT2D eigenvalue weighted by atomic mass is 10.1. The summed E-state index contributed by atoms with van der Waals surface area (Å²) >= 11 is 0. The highest BCUT2D eigenvalue weighted by Gasteiger charge is 2.16. The molecule has 0 aliphatic rings. The van der Waals surface area contributed by atoms with E-state index in [1.54, 1.807) is 12.3 Å². The summed E-state index contributed by atoms with van der Waals surface area (Å²) in [5.74, 6) is 0.304. The highest BCUT2D eigenvalue weighted by atomic mass is 16.1. The van der Waals surface area contributed by atoms with E-state index < -0.39 is 0 Å². The average Bonchev–Trinajstić information content (AvgIpc) is 2.69. The predicted octanol–water partition coefficient (Wildman–Crippen LogP) is 4.43. The standard InChI is InChI=1S/C22H24N4O/c1-4-26(19-12-8-9-16(2)15-19)22-23-14-13-20(25-22)21(27)24-17(3)18-10-6-5-7-11-18/h5-15,17H,4H2,1-3H3,(H,24,27). The Morgan fingerprint density at radius 2 is 1.89 bits per heavy atom. The van der Waals surface area contributed by atoms with Crippen molar-refractivity contribution in [3.63, 3.8) is 0 Å². The Labute approximate surface area is 160 Å². The molecule has 0 fully saturated rings. The van der Waals surface area contributed by atoms with Gasteiger partial charge in [-0.3, -0.25) is 4.79 Å². The summed E-state index contributed by atoms with van der Waals surface area (Å²) < 4.78 is 0. The van der Waals surface area contributed by atoms with E-state index in [2.05, 4.69) is 21.4 Å². The van der Waals surface area contributed by atoms with E-state index in [9.17, 15) is 4.79 Å². The van der Waals surface area contributed by atoms with E-state index in [1.165, 1.54) is 0 Å². The highest BCUT2D eigenvalue weighted by Crippen LogP contribution is 2.22. The number of carbonyl (C=O) groups is 1. The van der Waals surface area contributed by atoms with Crippen molar-refractivity contribution in [2.24, 2.45) is 0 Å². The Bertz CT molecular complexity index is 911. The minimum atomic E-state index is -0.213. The van der Waals surface area contributed by atoms with Crippen LogP contribution >= 0.6 is 0 Å². The number of anilines is 2. The Kier molecular flexibility index (Phi) is 5.81. The van der Waals surface area contributed by atoms with Gasteiger partial charge >= 0.3 is 0 Å². The molecule has 27 heavy (non-hydrogen) atoms. The number of rotatable bonds is 6. The fourth-order valence-corrected chi connectivity index (χ4v) is 2.94. The molecule has 0 aliphatic heterocycles. The molecule has 138 valence electrons. The number of nitrogens with zero attached hydrogens (tertiary/aromatic N) is 3. The molecule has 1 heterocycles. The van der Waals surface area contributed by atoms with Gasteiger partial charge in [0.15, 0.2) is 0 Å². The Hall–Kier alpha value is -3.21. The fraction of sp³-hybridized carbons (Fsp3) is 0.227. The third-order valence-electron chi connectivity index (χ3n) is 4.39. The normalized spacial score (nSPS) is 11.7. The second kappa shape index (κ2) is 8.45. The quantitative estimate of drug-likeness (QED) is 0.706. The summed E-state index contributed by atoms with van der Waals surface area (Å²) in [7, 11) is 0. The molecule has 5 nitrogen and oxygen atoms in total. The van der Waals surface area contributed by atoms with E-state index in [1.807, 2.05) is 74.2 Å². The van der Waals surface area contributed by atoms with Gasteiger partial charge in [0.05, 0.1) is 6.04 Å². The Morgan fingerprint density at radius 3 is 2.59 bits per heavy atom. The third-order valence-corrected chi connectivity index (χ3v) is 4.39. The molecule has 1 N–H and O–H groups in total. The summed E-state index contributed by atoms with van der Waals surface area (Å²) in [6.45, 7) is 6.75. The predicted molar refractivity (Wildman–Crippen MR) is 108 cm³/mol. The molecule has 1 atom stereocenters. The second-order valence-corrected chi connectivity index (χ2v) is 6.43. The van der Waals surface area contributed by atoms with Gasteiger partial charge in [0, 0.05) is 18.4 Å². The first-order valence-electron chi connectivity index (χ1n) is 9.11. The first kappa shape index (κ1) is 18.6. The zero-order chi connectivity index (χ0) is 19.2. The monoisotopic (exact) mass is 360 g/mol. The molecule has 2 aromatic carbocycles. The van der Waals surface area contributed by atoms with Crippen LogP contribution < -0.4 is 10.2 Å². The second-order valence-electron chi connectivity index (χ2n) is 6.43. The summed E-state index contributed by atoms with van der Waals surface area (Å²) in [5.41, 5.74) is 3.58. The van der Waals surface area contributed by atoms with E-state index in [4.69, 9.17) is 0 Å². The lowest BCUT2D eigenvalue weighted by molar-refractivity contribution is 0.0934. The van der Waals surface area contributed by atoms with E-state index in [-0.39, 0.29) is 11.9 Å². The number of benzene rings is 2. The summed E-state index contributed by atoms with van der Waals surface area (Å²) in [6.07, 6.45) is 1.63. The number of nitrogens with one attached hydrogen (secondary N) is 1. The number of hydrogen-bond acceptors (Lipinski definition) is 4. The van der Waals surface area contributed by atoms with Gasteiger partial charge in [-0.15, -0.1) is 0 Å². The molecule has 0 spiro atoms. The maximum atomic E-state index is 12.7. The van der Waals surface area contributed by atoms with Gasteiger partial charge in [0.2, 0.25) is 5.95 Å². The van der Waals surface area contributed by atoms with Gasteiger partial charge in [-0.1, -0.05) is 42.5 Å². The largest absolute Gasteiger partial charge is 0.344 e. The number of amides is 1. The van der Waals surface area contributed by atoms with Crippen LogP contribution in [0.1, 0.15) is 41.5 Å². The minimum Gasteiger partial charge on any atom is -0.344 e. The van der Waals surface area contributed by atoms with Crippen molar-refractivity contribution in [2.45, 2.75) is 26.8 Å². The van der Waals surface area contributed by atoms with Gasteiger partial charge in [-0.05, 0) is 50.1 Å². The molecule has 1 amide bonds. The number of aromatic nitrogens is 2. The van der Waals surface area contributed by atoms with Crippen LogP contribution in [-0.2, 0) is 0 Å². The van der Waals surface area contributed by atoms with Gasteiger partial charge < -0.3 is 10.2 Å². The lowest BCUT2D eigenvalue weighted by Crippen LogP contribution is -2.28. The molecule has 1 aromatic heterocycles. The van der Waals surface area contributed by atoms with Gasteiger partial charge in [-0.25, -0.2) is 9.97 Å². The molecule has 3 rings (SSSR count). The van der Waals surface area contributed by atoms with Crippen molar-refractivity contribution in [1.29, 1.82) is 0 Å². The van der Waals surface area contributed by atoms with Crippen LogP contribution in [0.3, 0.4) is 0 Å². The van der Waals surface area contributed by atoms with Crippen LogP contribution in [0.15, 0.2) is 66.9 Å². The van der Waals surface area contributed by atoms with E-state index in [0.717, 1.165) is 16.8 Å². The third kappa shape index (κ3) is 4.50. The van der Waals surface area contributed by atoms with Crippen molar-refractivity contribution in [1.82, 2.24) is 15.3 Å². The topological polar surface area (TPSA) is 58.1 Å². The van der Waals surface area contributed by atoms with Crippen molar-refractivity contribution in [3.8, 4) is 0 Å². The van der Waals surface area contributed by atoms with Crippen LogP contribution in [0.5, 0.6) is 0 Å². The zero-order valence-electron chi connectivity index (χ0n) is 15.9. The molecule has 3 aromatic rings. The van der Waals surface area contributed by atoms with E-state index >= 15 is 0 Å². The summed E-state index contributed by atoms with van der Waals surface area (Å²) in [5, 5.41) is 3.00. The van der Waals surface area contributed by atoms with Crippen molar-refractivity contribution in [3.05, 3.63) is 83.7 Å². The summed E-state index contributed by atoms with van der Waals surface area (Å²) in [6, 6.07) is 19.6. The first-order valence-corrected chi connectivity index (χ1v) is 9.11. The van der Waals surface area contributed by atoms with Crippen LogP contribution in [-0.4, -0.2) is 22.4 Å². The minimum absolute atomic E-state index is 0.101. The van der Waals surface area contributed by atoms with Crippen molar-refractivity contribution < 1.29 is 4.79 Å². The molecule has 0 saturated heterocycles. The maximum absolute atomic E-state index is 12.7. The van der Waals surface area contributed by atoms with Gasteiger partial charge in [0.1, 0.15) is 5.69 Å². The van der Waals surface area contributed by atoms with E-state index in [0.29, 0.717) is 18.2 Å². The molecule has 0 bridgehead atoms. The molecule has 0 saturated carbocycles. The van der Waals surface area contributed by atoms with Gasteiger partial charge in [-0.2, -0.15) is 0 Å². The molecular formula is C22H24N4O.